The summed E-state index contributed by atoms with van der Waals surface area (Å²) in [5.41, 5.74) is 5.94. The Bertz CT molecular complexity index is 1390. The Morgan fingerprint density at radius 3 is 2.54 bits per heavy atom. The number of esters is 2. The molecule has 1 aliphatic carbocycles. The second kappa shape index (κ2) is 10.4. The minimum Gasteiger partial charge on any atom is -0.492 e. The first-order valence-corrected chi connectivity index (χ1v) is 12.3. The molecule has 7 heteroatoms. The van der Waals surface area contributed by atoms with Gasteiger partial charge in [0.2, 0.25) is 0 Å². The Hall–Kier alpha value is -4.31. The van der Waals surface area contributed by atoms with Gasteiger partial charge in [-0.25, -0.2) is 0 Å². The Morgan fingerprint density at radius 1 is 1.05 bits per heavy atom. The van der Waals surface area contributed by atoms with Crippen molar-refractivity contribution in [3.63, 3.8) is 0 Å². The Morgan fingerprint density at radius 2 is 1.81 bits per heavy atom. The van der Waals surface area contributed by atoms with E-state index in [1.807, 2.05) is 42.5 Å². The predicted octanol–water partition coefficient (Wildman–Crippen LogP) is 5.18. The molecule has 0 aromatic heterocycles. The first-order chi connectivity index (χ1) is 17.9. The Labute approximate surface area is 215 Å². The summed E-state index contributed by atoms with van der Waals surface area (Å²) in [5, 5.41) is 9.77. The number of carbonyl (C=O) groups is 2. The fourth-order valence-corrected chi connectivity index (χ4v) is 5.16. The first-order valence-electron chi connectivity index (χ1n) is 12.3. The zero-order valence-electron chi connectivity index (χ0n) is 20.8. The van der Waals surface area contributed by atoms with Crippen LogP contribution in [0.4, 0.5) is 0 Å². The highest BCUT2D eigenvalue weighted by Gasteiger charge is 2.30. The van der Waals surface area contributed by atoms with Crippen molar-refractivity contribution in [2.24, 2.45) is 0 Å². The molecule has 2 atom stereocenters. The van der Waals surface area contributed by atoms with Crippen LogP contribution in [0, 0.1) is 11.3 Å². The van der Waals surface area contributed by atoms with Crippen molar-refractivity contribution in [1.29, 1.82) is 5.26 Å². The van der Waals surface area contributed by atoms with Crippen LogP contribution in [0.3, 0.4) is 0 Å². The molecule has 0 fully saturated rings. The zero-order valence-corrected chi connectivity index (χ0v) is 20.8. The fraction of sp³-hybridized carbons (Fsp3) is 0.300. The van der Waals surface area contributed by atoms with Gasteiger partial charge in [-0.3, -0.25) is 9.59 Å². The van der Waals surface area contributed by atoms with Crippen LogP contribution >= 0.6 is 0 Å². The van der Waals surface area contributed by atoms with Crippen LogP contribution in [-0.2, 0) is 27.2 Å². The van der Waals surface area contributed by atoms with Crippen LogP contribution in [0.15, 0.2) is 54.6 Å². The van der Waals surface area contributed by atoms with Gasteiger partial charge in [0.1, 0.15) is 23.4 Å². The second-order valence-corrected chi connectivity index (χ2v) is 9.32. The number of hydrogen-bond donors (Lipinski definition) is 0. The normalized spacial score (nSPS) is 17.2. The van der Waals surface area contributed by atoms with Crippen LogP contribution in [0.1, 0.15) is 65.2 Å². The van der Waals surface area contributed by atoms with Crippen LogP contribution in [0.2, 0.25) is 0 Å². The molecule has 0 amide bonds. The molecule has 1 aliphatic heterocycles. The summed E-state index contributed by atoms with van der Waals surface area (Å²) in [6.07, 6.45) is 2.40. The monoisotopic (exact) mass is 497 g/mol. The van der Waals surface area contributed by atoms with Gasteiger partial charge in [-0.2, -0.15) is 5.26 Å². The summed E-state index contributed by atoms with van der Waals surface area (Å²) in [6, 6.07) is 19.3. The predicted molar refractivity (Wildman–Crippen MR) is 135 cm³/mol. The molecule has 0 bridgehead atoms. The molecule has 0 saturated heterocycles. The topological polar surface area (TPSA) is 94.9 Å². The lowest BCUT2D eigenvalue weighted by molar-refractivity contribution is -0.141. The van der Waals surface area contributed by atoms with Gasteiger partial charge in [0, 0.05) is 24.5 Å². The average Bonchev–Trinajstić information content (AvgIpc) is 3.49. The second-order valence-electron chi connectivity index (χ2n) is 9.32. The van der Waals surface area contributed by atoms with E-state index in [-0.39, 0.29) is 30.4 Å². The van der Waals surface area contributed by atoms with Gasteiger partial charge in [0.15, 0.2) is 0 Å². The van der Waals surface area contributed by atoms with Gasteiger partial charge in [0.25, 0.3) is 0 Å². The number of benzene rings is 3. The van der Waals surface area contributed by atoms with E-state index in [1.54, 1.807) is 12.1 Å². The maximum Gasteiger partial charge on any atom is 0.308 e. The summed E-state index contributed by atoms with van der Waals surface area (Å²) >= 11 is 0. The standard InChI is InChI=1S/C30H27NO6/c1-18(32)36-22-6-3-19(4-7-22)13-27-20(16-31)5-9-26-25(27)11-12-28(26)37-23-8-10-24-21(14-30(33)34-2)17-35-29(24)15-23/h3-10,15,21,28H,11-14,17H2,1-2H3/t21-,28-/m1/s1. The van der Waals surface area contributed by atoms with E-state index < -0.39 is 0 Å². The molecule has 3 aromatic rings. The molecule has 188 valence electrons. The highest BCUT2D eigenvalue weighted by atomic mass is 16.5. The molecule has 3 aromatic carbocycles. The van der Waals surface area contributed by atoms with Gasteiger partial charge in [-0.15, -0.1) is 0 Å². The van der Waals surface area contributed by atoms with E-state index >= 15 is 0 Å². The largest absolute Gasteiger partial charge is 0.492 e. The third kappa shape index (κ3) is 5.14. The maximum absolute atomic E-state index is 11.7. The quantitative estimate of drug-likeness (QED) is 0.328. The van der Waals surface area contributed by atoms with E-state index in [1.165, 1.54) is 14.0 Å². The number of methoxy groups -OCH3 is 1. The molecule has 37 heavy (non-hydrogen) atoms. The lowest BCUT2D eigenvalue weighted by Crippen LogP contribution is -2.09. The van der Waals surface area contributed by atoms with Gasteiger partial charge in [-0.05, 0) is 65.8 Å². The van der Waals surface area contributed by atoms with E-state index in [4.69, 9.17) is 18.9 Å². The molecule has 2 aliphatic rings. The van der Waals surface area contributed by atoms with Crippen LogP contribution in [0.25, 0.3) is 0 Å². The van der Waals surface area contributed by atoms with Gasteiger partial charge in [-0.1, -0.05) is 24.3 Å². The molecule has 0 radical (unpaired) electrons. The van der Waals surface area contributed by atoms with Crippen molar-refractivity contribution >= 4 is 11.9 Å². The highest BCUT2D eigenvalue weighted by molar-refractivity contribution is 5.71. The SMILES string of the molecule is COC(=O)C[C@@H]1COc2cc(O[C@@H]3CCc4c3ccc(C#N)c4Cc3ccc(OC(C)=O)cc3)ccc21. The molecule has 0 N–H and O–H groups in total. The molecule has 0 spiro atoms. The molecule has 5 rings (SSSR count). The first kappa shape index (κ1) is 24.4. The Kier molecular flexibility index (Phi) is 6.82. The summed E-state index contributed by atoms with van der Waals surface area (Å²) in [5.74, 6) is 1.32. The van der Waals surface area contributed by atoms with Crippen molar-refractivity contribution in [2.45, 2.75) is 44.6 Å². The van der Waals surface area contributed by atoms with Crippen molar-refractivity contribution in [3.8, 4) is 23.3 Å². The molecule has 1 heterocycles. The zero-order chi connectivity index (χ0) is 25.9. The van der Waals surface area contributed by atoms with E-state index in [9.17, 15) is 14.9 Å². The van der Waals surface area contributed by atoms with Gasteiger partial charge < -0.3 is 18.9 Å². The molecular weight excluding hydrogens is 470 g/mol. The summed E-state index contributed by atoms with van der Waals surface area (Å²) in [4.78, 5) is 22.9. The third-order valence-electron chi connectivity index (χ3n) is 6.94. The van der Waals surface area contributed by atoms with Gasteiger partial charge >= 0.3 is 11.9 Å². The number of carbonyl (C=O) groups excluding carboxylic acids is 2. The van der Waals surface area contributed by atoms with Crippen molar-refractivity contribution in [3.05, 3.63) is 88.0 Å². The maximum atomic E-state index is 11.7. The van der Waals surface area contributed by atoms with Gasteiger partial charge in [0.05, 0.1) is 31.8 Å². The molecular formula is C30H27NO6. The smallest absolute Gasteiger partial charge is 0.308 e. The number of nitriles is 1. The lowest BCUT2D eigenvalue weighted by atomic mass is 9.92. The van der Waals surface area contributed by atoms with Crippen LogP contribution < -0.4 is 14.2 Å². The van der Waals surface area contributed by atoms with E-state index in [2.05, 4.69) is 6.07 Å². The molecule has 0 saturated carbocycles. The summed E-state index contributed by atoms with van der Waals surface area (Å²) < 4.78 is 22.1. The number of rotatable bonds is 7. The third-order valence-corrected chi connectivity index (χ3v) is 6.94. The molecule has 7 nitrogen and oxygen atoms in total. The average molecular weight is 498 g/mol. The number of fused-ring (bicyclic) bond motifs is 2. The van der Waals surface area contributed by atoms with Crippen LogP contribution in [-0.4, -0.2) is 25.7 Å². The van der Waals surface area contributed by atoms with E-state index in [0.717, 1.165) is 46.4 Å². The summed E-state index contributed by atoms with van der Waals surface area (Å²) in [7, 11) is 1.39. The Balaban J connectivity index is 1.34. The fourth-order valence-electron chi connectivity index (χ4n) is 5.16. The van der Waals surface area contributed by atoms with Crippen molar-refractivity contribution < 1.29 is 28.5 Å². The molecule has 0 unspecified atom stereocenters. The van der Waals surface area contributed by atoms with E-state index in [0.29, 0.717) is 30.1 Å². The minimum atomic E-state index is -0.359. The summed E-state index contributed by atoms with van der Waals surface area (Å²) in [6.45, 7) is 1.82. The van der Waals surface area contributed by atoms with Crippen LogP contribution in [0.5, 0.6) is 17.2 Å². The van der Waals surface area contributed by atoms with Crippen molar-refractivity contribution in [1.82, 2.24) is 0 Å². The minimum absolute atomic E-state index is 0.0150. The van der Waals surface area contributed by atoms with Crippen molar-refractivity contribution in [2.75, 3.05) is 13.7 Å². The number of hydrogen-bond acceptors (Lipinski definition) is 7. The lowest BCUT2D eigenvalue weighted by Gasteiger charge is -2.17. The number of ether oxygens (including phenoxy) is 4. The highest BCUT2D eigenvalue weighted by Crippen LogP contribution is 2.42. The number of nitrogens with zero attached hydrogens (tertiary/aromatic N) is 1.